The van der Waals surface area contributed by atoms with E-state index in [1.54, 1.807) is 17.7 Å². The molecule has 0 unspecified atom stereocenters. The molecule has 4 rings (SSSR count). The fourth-order valence-corrected chi connectivity index (χ4v) is 4.98. The minimum Gasteiger partial charge on any atom is -0.478 e. The molecule has 0 radical (unpaired) electrons. The minimum atomic E-state index is -0.868. The summed E-state index contributed by atoms with van der Waals surface area (Å²) in [4.78, 5) is 11.0. The zero-order valence-electron chi connectivity index (χ0n) is 19.9. The van der Waals surface area contributed by atoms with E-state index in [-0.39, 0.29) is 24.8 Å². The van der Waals surface area contributed by atoms with Crippen molar-refractivity contribution in [3.63, 3.8) is 0 Å². The zero-order chi connectivity index (χ0) is 22.3. The normalized spacial score (nSPS) is 24.0. The van der Waals surface area contributed by atoms with Crippen molar-refractivity contribution < 1.29 is 9.90 Å². The van der Waals surface area contributed by atoms with Gasteiger partial charge in [0.2, 0.25) is 0 Å². The highest BCUT2D eigenvalue weighted by Gasteiger charge is 2.39. The van der Waals surface area contributed by atoms with Crippen molar-refractivity contribution in [2.75, 3.05) is 6.54 Å². The second kappa shape index (κ2) is 13.9. The molecule has 2 aromatic carbocycles. The molecule has 2 atom stereocenters. The van der Waals surface area contributed by atoms with Gasteiger partial charge in [-0.1, -0.05) is 61.0 Å². The molecule has 0 aliphatic heterocycles. The molecule has 4 nitrogen and oxygen atoms in total. The maximum Gasteiger partial charge on any atom is 0.335 e. The van der Waals surface area contributed by atoms with E-state index >= 15 is 0 Å². The van der Waals surface area contributed by atoms with E-state index in [0.29, 0.717) is 23.6 Å². The van der Waals surface area contributed by atoms with Crippen molar-refractivity contribution in [1.29, 1.82) is 0 Å². The Labute approximate surface area is 216 Å². The van der Waals surface area contributed by atoms with E-state index < -0.39 is 5.97 Å². The lowest BCUT2D eigenvalue weighted by molar-refractivity contribution is 0.0697. The third-order valence-corrected chi connectivity index (χ3v) is 7.14. The van der Waals surface area contributed by atoms with Gasteiger partial charge in [-0.25, -0.2) is 4.79 Å². The van der Waals surface area contributed by atoms with Crippen molar-refractivity contribution in [3.05, 3.63) is 76.9 Å². The van der Waals surface area contributed by atoms with E-state index in [0.717, 1.165) is 31.0 Å². The van der Waals surface area contributed by atoms with Gasteiger partial charge in [0.25, 0.3) is 0 Å². The van der Waals surface area contributed by atoms with Crippen LogP contribution in [0.5, 0.6) is 0 Å². The number of aromatic carboxylic acids is 1. The van der Waals surface area contributed by atoms with E-state index in [2.05, 4.69) is 54.0 Å². The highest BCUT2D eigenvalue weighted by molar-refractivity contribution is 5.87. The van der Waals surface area contributed by atoms with Crippen LogP contribution in [0, 0.1) is 11.8 Å². The second-order valence-electron chi connectivity index (χ2n) is 9.44. The summed E-state index contributed by atoms with van der Waals surface area (Å²) in [5, 5.41) is 16.5. The molecule has 0 spiro atoms. The van der Waals surface area contributed by atoms with Gasteiger partial charge in [0, 0.05) is 18.6 Å². The van der Waals surface area contributed by atoms with Crippen LogP contribution < -0.4 is 10.6 Å². The van der Waals surface area contributed by atoms with E-state index in [1.165, 1.54) is 37.7 Å². The van der Waals surface area contributed by atoms with E-state index in [9.17, 15) is 4.79 Å². The lowest BCUT2D eigenvalue weighted by Crippen LogP contribution is -2.36. The molecule has 2 aliphatic rings. The number of hydrogen-bond acceptors (Lipinski definition) is 3. The predicted molar refractivity (Wildman–Crippen MR) is 145 cm³/mol. The number of hydrogen-bond donors (Lipinski definition) is 3. The first-order chi connectivity index (χ1) is 15.6. The van der Waals surface area contributed by atoms with Crippen LogP contribution in [0.3, 0.4) is 0 Å². The maximum absolute atomic E-state index is 11.0. The van der Waals surface area contributed by atoms with Crippen LogP contribution in [0.25, 0.3) is 6.08 Å². The van der Waals surface area contributed by atoms with Gasteiger partial charge in [0.05, 0.1) is 5.56 Å². The summed E-state index contributed by atoms with van der Waals surface area (Å²) >= 11 is 0. The summed E-state index contributed by atoms with van der Waals surface area (Å²) in [6, 6.07) is 19.1. The number of rotatable bonds is 10. The number of nitrogens with one attached hydrogen (secondary N) is 2. The Bertz CT molecular complexity index is 910. The molecular weight excluding hydrogens is 467 g/mol. The van der Waals surface area contributed by atoms with Gasteiger partial charge in [-0.05, 0) is 80.2 Å². The van der Waals surface area contributed by atoms with Crippen molar-refractivity contribution >= 4 is 36.9 Å². The standard InChI is InChI=1S/C28H36N2O2.2ClH/c1-2-23(16-20-6-4-3-5-7-20)26-17-27(26)30-19-22-10-14-25(15-11-22)29-18-21-8-12-24(13-9-21)28(31)32;;/h3-9,12-13,16,22,25-27,29-30H,2,10-11,14-15,17-19H2,1H3,(H,31,32);2*1H/b23-16+;;/t22?,25?,26-,27+;;/m0../s1. The fourth-order valence-electron chi connectivity index (χ4n) is 4.98. The van der Waals surface area contributed by atoms with Gasteiger partial charge in [-0.2, -0.15) is 0 Å². The Hall–Kier alpha value is -1.85. The van der Waals surface area contributed by atoms with Gasteiger partial charge in [-0.15, -0.1) is 24.8 Å². The van der Waals surface area contributed by atoms with Crippen LogP contribution in [0.15, 0.2) is 60.2 Å². The van der Waals surface area contributed by atoms with Crippen molar-refractivity contribution in [2.45, 2.75) is 64.1 Å². The Morgan fingerprint density at radius 3 is 2.26 bits per heavy atom. The van der Waals surface area contributed by atoms with Crippen LogP contribution in [0.4, 0.5) is 0 Å². The number of benzene rings is 2. The Morgan fingerprint density at radius 2 is 1.65 bits per heavy atom. The monoisotopic (exact) mass is 504 g/mol. The molecule has 0 aromatic heterocycles. The maximum atomic E-state index is 11.0. The largest absolute Gasteiger partial charge is 0.478 e. The molecule has 6 heteroatoms. The summed E-state index contributed by atoms with van der Waals surface area (Å²) in [6.07, 6.45) is 9.81. The average Bonchev–Trinajstić information content (AvgIpc) is 3.61. The number of carboxylic acid groups (broad SMARTS) is 1. The Kier molecular flexibility index (Phi) is 11.6. The van der Waals surface area contributed by atoms with E-state index in [4.69, 9.17) is 5.11 Å². The minimum absolute atomic E-state index is 0. The average molecular weight is 506 g/mol. The van der Waals surface area contributed by atoms with Gasteiger partial charge in [0.15, 0.2) is 0 Å². The molecule has 2 fully saturated rings. The number of carbonyl (C=O) groups is 1. The molecule has 3 N–H and O–H groups in total. The van der Waals surface area contributed by atoms with Crippen molar-refractivity contribution in [1.82, 2.24) is 10.6 Å². The van der Waals surface area contributed by atoms with Crippen LogP contribution in [0.1, 0.15) is 66.9 Å². The first-order valence-electron chi connectivity index (χ1n) is 12.2. The summed E-state index contributed by atoms with van der Waals surface area (Å²) in [5.74, 6) is 0.630. The third kappa shape index (κ3) is 8.13. The van der Waals surface area contributed by atoms with Gasteiger partial charge in [-0.3, -0.25) is 0 Å². The molecule has 0 amide bonds. The first-order valence-corrected chi connectivity index (χ1v) is 12.2. The molecule has 186 valence electrons. The van der Waals surface area contributed by atoms with E-state index in [1.807, 2.05) is 12.1 Å². The Balaban J connectivity index is 0.00000204. The third-order valence-electron chi connectivity index (χ3n) is 7.14. The SMILES string of the molecule is CC/C(=C\c1ccccc1)[C@@H]1C[C@H]1NCC1CCC(NCc2ccc(C(=O)O)cc2)CC1.Cl.Cl. The van der Waals surface area contributed by atoms with Gasteiger partial charge < -0.3 is 15.7 Å². The molecule has 2 aromatic rings. The highest BCUT2D eigenvalue weighted by atomic mass is 35.5. The van der Waals surface area contributed by atoms with Gasteiger partial charge >= 0.3 is 5.97 Å². The summed E-state index contributed by atoms with van der Waals surface area (Å²) in [7, 11) is 0. The van der Waals surface area contributed by atoms with Crippen molar-refractivity contribution in [3.8, 4) is 0 Å². The zero-order valence-corrected chi connectivity index (χ0v) is 21.5. The molecule has 0 saturated heterocycles. The van der Waals surface area contributed by atoms with Gasteiger partial charge in [0.1, 0.15) is 0 Å². The second-order valence-corrected chi connectivity index (χ2v) is 9.44. The topological polar surface area (TPSA) is 61.4 Å². The lowest BCUT2D eigenvalue weighted by atomic mass is 9.86. The molecule has 0 bridgehead atoms. The predicted octanol–water partition coefficient (Wildman–Crippen LogP) is 6.35. The first kappa shape index (κ1) is 28.4. The number of halogens is 2. The fraction of sp³-hybridized carbons (Fsp3) is 0.464. The molecule has 2 aliphatic carbocycles. The smallest absolute Gasteiger partial charge is 0.335 e. The molecule has 2 saturated carbocycles. The summed E-state index contributed by atoms with van der Waals surface area (Å²) in [6.45, 7) is 4.23. The number of carboxylic acids is 1. The van der Waals surface area contributed by atoms with Crippen LogP contribution in [0.2, 0.25) is 0 Å². The van der Waals surface area contributed by atoms with Crippen LogP contribution >= 0.6 is 24.8 Å². The highest BCUT2D eigenvalue weighted by Crippen LogP contribution is 2.40. The summed E-state index contributed by atoms with van der Waals surface area (Å²) in [5.41, 5.74) is 4.40. The van der Waals surface area contributed by atoms with Crippen molar-refractivity contribution in [2.24, 2.45) is 11.8 Å². The molecule has 0 heterocycles. The Morgan fingerprint density at radius 1 is 0.971 bits per heavy atom. The molecular formula is C28H38Cl2N2O2. The summed E-state index contributed by atoms with van der Waals surface area (Å²) < 4.78 is 0. The molecule has 34 heavy (non-hydrogen) atoms. The van der Waals surface area contributed by atoms with Crippen LogP contribution in [-0.4, -0.2) is 29.7 Å². The quantitative estimate of drug-likeness (QED) is 0.352. The van der Waals surface area contributed by atoms with Crippen LogP contribution in [-0.2, 0) is 6.54 Å². The lowest BCUT2D eigenvalue weighted by Gasteiger charge is -2.29.